The van der Waals surface area contributed by atoms with Gasteiger partial charge in [0, 0.05) is 18.9 Å². The van der Waals surface area contributed by atoms with Gasteiger partial charge in [-0.25, -0.2) is 0 Å². The van der Waals surface area contributed by atoms with Gasteiger partial charge in [0.15, 0.2) is 0 Å². The summed E-state index contributed by atoms with van der Waals surface area (Å²) in [7, 11) is 1.69. The van der Waals surface area contributed by atoms with Gasteiger partial charge >= 0.3 is 0 Å². The van der Waals surface area contributed by atoms with E-state index in [4.69, 9.17) is 4.74 Å². The van der Waals surface area contributed by atoms with Gasteiger partial charge in [-0.05, 0) is 43.0 Å². The number of nitrogens with zero attached hydrogens (tertiary/aromatic N) is 2. The molecular formula is C14H18N2O. The number of aromatic nitrogens is 2. The molecule has 0 atom stereocenters. The minimum Gasteiger partial charge on any atom is -0.497 e. The second kappa shape index (κ2) is 6.09. The third kappa shape index (κ3) is 3.63. The van der Waals surface area contributed by atoms with E-state index in [1.807, 2.05) is 35.3 Å². The molecule has 3 nitrogen and oxygen atoms in total. The summed E-state index contributed by atoms with van der Waals surface area (Å²) in [6.45, 7) is 1.00. The van der Waals surface area contributed by atoms with Gasteiger partial charge in [0.25, 0.3) is 0 Å². The molecule has 0 aliphatic heterocycles. The Labute approximate surface area is 102 Å². The lowest BCUT2D eigenvalue weighted by atomic mass is 10.1. The van der Waals surface area contributed by atoms with Crippen molar-refractivity contribution in [2.24, 2.45) is 0 Å². The molecule has 0 saturated carbocycles. The van der Waals surface area contributed by atoms with Gasteiger partial charge in [0.1, 0.15) is 5.75 Å². The van der Waals surface area contributed by atoms with E-state index in [9.17, 15) is 0 Å². The number of ether oxygens (including phenoxy) is 1. The van der Waals surface area contributed by atoms with Crippen LogP contribution in [-0.2, 0) is 13.0 Å². The van der Waals surface area contributed by atoms with E-state index < -0.39 is 0 Å². The van der Waals surface area contributed by atoms with Gasteiger partial charge in [-0.2, -0.15) is 5.10 Å². The fourth-order valence-electron chi connectivity index (χ4n) is 1.83. The second-order valence-corrected chi connectivity index (χ2v) is 4.07. The van der Waals surface area contributed by atoms with Gasteiger partial charge in [0.2, 0.25) is 0 Å². The normalized spacial score (nSPS) is 10.4. The van der Waals surface area contributed by atoms with Gasteiger partial charge in [0.05, 0.1) is 7.11 Å². The van der Waals surface area contributed by atoms with Crippen LogP contribution < -0.4 is 4.74 Å². The largest absolute Gasteiger partial charge is 0.497 e. The molecule has 0 N–H and O–H groups in total. The van der Waals surface area contributed by atoms with Crippen molar-refractivity contribution in [3.8, 4) is 5.75 Å². The minimum atomic E-state index is 0.922. The maximum absolute atomic E-state index is 5.13. The van der Waals surface area contributed by atoms with Gasteiger partial charge in [-0.3, -0.25) is 4.68 Å². The average molecular weight is 230 g/mol. The Balaban J connectivity index is 1.70. The van der Waals surface area contributed by atoms with E-state index in [0.717, 1.165) is 25.1 Å². The number of unbranched alkanes of at least 4 members (excludes halogenated alkanes) is 1. The number of hydrogen-bond donors (Lipinski definition) is 0. The van der Waals surface area contributed by atoms with Crippen LogP contribution in [0.5, 0.6) is 5.75 Å². The SMILES string of the molecule is COc1ccc(CCCCn2cccn2)cc1. The van der Waals surface area contributed by atoms with Crippen molar-refractivity contribution in [3.05, 3.63) is 48.3 Å². The summed E-state index contributed by atoms with van der Waals surface area (Å²) in [5.41, 5.74) is 1.37. The van der Waals surface area contributed by atoms with E-state index >= 15 is 0 Å². The highest BCUT2D eigenvalue weighted by Gasteiger charge is 1.96. The second-order valence-electron chi connectivity index (χ2n) is 4.07. The van der Waals surface area contributed by atoms with Crippen LogP contribution in [0.3, 0.4) is 0 Å². The van der Waals surface area contributed by atoms with Gasteiger partial charge in [-0.1, -0.05) is 12.1 Å². The number of benzene rings is 1. The Hall–Kier alpha value is -1.77. The molecule has 1 aromatic carbocycles. The lowest BCUT2D eigenvalue weighted by molar-refractivity contribution is 0.414. The van der Waals surface area contributed by atoms with E-state index in [-0.39, 0.29) is 0 Å². The predicted octanol–water partition coefficient (Wildman–Crippen LogP) is 2.91. The average Bonchev–Trinajstić information content (AvgIpc) is 2.88. The van der Waals surface area contributed by atoms with Crippen molar-refractivity contribution in [1.82, 2.24) is 9.78 Å². The van der Waals surface area contributed by atoms with Gasteiger partial charge < -0.3 is 4.74 Å². The molecule has 2 rings (SSSR count). The lowest BCUT2D eigenvalue weighted by Gasteiger charge is -2.04. The van der Waals surface area contributed by atoms with Crippen molar-refractivity contribution < 1.29 is 4.74 Å². The summed E-state index contributed by atoms with van der Waals surface area (Å²) in [6, 6.07) is 10.3. The topological polar surface area (TPSA) is 27.1 Å². The molecule has 0 radical (unpaired) electrons. The molecule has 17 heavy (non-hydrogen) atoms. The molecule has 0 fully saturated rings. The summed E-state index contributed by atoms with van der Waals surface area (Å²) >= 11 is 0. The Morgan fingerprint density at radius 1 is 1.18 bits per heavy atom. The molecule has 3 heteroatoms. The number of rotatable bonds is 6. The van der Waals surface area contributed by atoms with Crippen LogP contribution in [-0.4, -0.2) is 16.9 Å². The molecule has 0 amide bonds. The number of aryl methyl sites for hydroxylation is 2. The van der Waals surface area contributed by atoms with E-state index in [0.29, 0.717) is 0 Å². The van der Waals surface area contributed by atoms with E-state index in [1.54, 1.807) is 7.11 Å². The summed E-state index contributed by atoms with van der Waals surface area (Å²) in [4.78, 5) is 0. The fourth-order valence-corrected chi connectivity index (χ4v) is 1.83. The Morgan fingerprint density at radius 3 is 2.65 bits per heavy atom. The molecule has 0 aliphatic carbocycles. The summed E-state index contributed by atoms with van der Waals surface area (Å²) in [5, 5.41) is 4.18. The van der Waals surface area contributed by atoms with Crippen LogP contribution in [0, 0.1) is 0 Å². The Bertz CT molecular complexity index is 420. The first-order valence-corrected chi connectivity index (χ1v) is 5.99. The molecule has 2 aromatic rings. The first kappa shape index (κ1) is 11.7. The molecule has 0 bridgehead atoms. The fraction of sp³-hybridized carbons (Fsp3) is 0.357. The summed E-state index contributed by atoms with van der Waals surface area (Å²) in [6.07, 6.45) is 7.29. The number of methoxy groups -OCH3 is 1. The smallest absolute Gasteiger partial charge is 0.118 e. The third-order valence-corrected chi connectivity index (χ3v) is 2.82. The molecule has 90 valence electrons. The lowest BCUT2D eigenvalue weighted by Crippen LogP contribution is -1.98. The van der Waals surface area contributed by atoms with Crippen molar-refractivity contribution in [2.45, 2.75) is 25.8 Å². The van der Waals surface area contributed by atoms with Crippen molar-refractivity contribution in [2.75, 3.05) is 7.11 Å². The zero-order valence-corrected chi connectivity index (χ0v) is 10.2. The number of hydrogen-bond acceptors (Lipinski definition) is 2. The highest BCUT2D eigenvalue weighted by Crippen LogP contribution is 2.13. The van der Waals surface area contributed by atoms with Crippen molar-refractivity contribution >= 4 is 0 Å². The van der Waals surface area contributed by atoms with Crippen LogP contribution in [0.25, 0.3) is 0 Å². The molecule has 0 spiro atoms. The Kier molecular flexibility index (Phi) is 4.19. The first-order valence-electron chi connectivity index (χ1n) is 5.99. The zero-order valence-electron chi connectivity index (χ0n) is 10.2. The summed E-state index contributed by atoms with van der Waals surface area (Å²) < 4.78 is 7.11. The third-order valence-electron chi connectivity index (χ3n) is 2.82. The molecule has 1 aromatic heterocycles. The van der Waals surface area contributed by atoms with Crippen LogP contribution in [0.15, 0.2) is 42.7 Å². The van der Waals surface area contributed by atoms with Crippen LogP contribution >= 0.6 is 0 Å². The molecule has 0 saturated heterocycles. The van der Waals surface area contributed by atoms with Gasteiger partial charge in [-0.15, -0.1) is 0 Å². The zero-order chi connectivity index (χ0) is 11.9. The first-order chi connectivity index (χ1) is 8.38. The Morgan fingerprint density at radius 2 is 2.00 bits per heavy atom. The molecular weight excluding hydrogens is 212 g/mol. The standard InChI is InChI=1S/C14H18N2O/c1-17-14-8-6-13(7-9-14)5-2-3-11-16-12-4-10-15-16/h4,6-10,12H,2-3,5,11H2,1H3. The van der Waals surface area contributed by atoms with E-state index in [1.165, 1.54) is 12.0 Å². The maximum atomic E-state index is 5.13. The molecule has 1 heterocycles. The van der Waals surface area contributed by atoms with Crippen LogP contribution in [0.2, 0.25) is 0 Å². The van der Waals surface area contributed by atoms with Crippen molar-refractivity contribution in [1.29, 1.82) is 0 Å². The highest BCUT2D eigenvalue weighted by molar-refractivity contribution is 5.27. The quantitative estimate of drug-likeness (QED) is 0.713. The monoisotopic (exact) mass is 230 g/mol. The van der Waals surface area contributed by atoms with E-state index in [2.05, 4.69) is 17.2 Å². The molecule has 0 aliphatic rings. The predicted molar refractivity (Wildman–Crippen MR) is 68.2 cm³/mol. The maximum Gasteiger partial charge on any atom is 0.118 e. The van der Waals surface area contributed by atoms with Crippen molar-refractivity contribution in [3.63, 3.8) is 0 Å². The highest BCUT2D eigenvalue weighted by atomic mass is 16.5. The molecule has 0 unspecified atom stereocenters. The summed E-state index contributed by atoms with van der Waals surface area (Å²) in [5.74, 6) is 0.922. The minimum absolute atomic E-state index is 0.922. The van der Waals surface area contributed by atoms with Crippen LogP contribution in [0.4, 0.5) is 0 Å². The van der Waals surface area contributed by atoms with Crippen LogP contribution in [0.1, 0.15) is 18.4 Å².